The van der Waals surface area contributed by atoms with E-state index >= 15 is 0 Å². The van der Waals surface area contributed by atoms with Gasteiger partial charge in [-0.2, -0.15) is 0 Å². The van der Waals surface area contributed by atoms with E-state index in [1.54, 1.807) is 12.1 Å². The van der Waals surface area contributed by atoms with Crippen molar-refractivity contribution in [2.75, 3.05) is 7.05 Å². The van der Waals surface area contributed by atoms with Crippen molar-refractivity contribution in [1.82, 2.24) is 5.32 Å². The van der Waals surface area contributed by atoms with Crippen LogP contribution < -0.4 is 5.32 Å². The van der Waals surface area contributed by atoms with Crippen LogP contribution in [0.15, 0.2) is 48.5 Å². The summed E-state index contributed by atoms with van der Waals surface area (Å²) in [4.78, 5) is 0. The van der Waals surface area contributed by atoms with Crippen molar-refractivity contribution in [1.29, 1.82) is 0 Å². The van der Waals surface area contributed by atoms with Gasteiger partial charge in [0.1, 0.15) is 5.82 Å². The summed E-state index contributed by atoms with van der Waals surface area (Å²) in [7, 11) is 1.93. The zero-order chi connectivity index (χ0) is 13.0. The second-order valence-electron chi connectivity index (χ2n) is 4.23. The van der Waals surface area contributed by atoms with Gasteiger partial charge in [-0.15, -0.1) is 0 Å². The van der Waals surface area contributed by atoms with Crippen LogP contribution in [0.25, 0.3) is 0 Å². The first-order valence-corrected chi connectivity index (χ1v) is 6.94. The van der Waals surface area contributed by atoms with Crippen LogP contribution in [-0.2, 0) is 6.42 Å². The van der Waals surface area contributed by atoms with E-state index in [0.29, 0.717) is 0 Å². The molecule has 2 rings (SSSR count). The summed E-state index contributed by atoms with van der Waals surface area (Å²) in [6, 6.07) is 15.4. The minimum Gasteiger partial charge on any atom is -0.313 e. The van der Waals surface area contributed by atoms with Crippen LogP contribution in [0, 0.1) is 9.39 Å². The molecule has 2 aromatic rings. The molecule has 1 N–H and O–H groups in total. The van der Waals surface area contributed by atoms with Gasteiger partial charge in [-0.3, -0.25) is 0 Å². The number of likely N-dealkylation sites (N-methyl/N-ethyl adjacent to an activating group) is 1. The van der Waals surface area contributed by atoms with Gasteiger partial charge in [0.05, 0.1) is 0 Å². The molecule has 1 atom stereocenters. The summed E-state index contributed by atoms with van der Waals surface area (Å²) < 4.78 is 14.4. The molecular weight excluding hydrogens is 340 g/mol. The smallest absolute Gasteiger partial charge is 0.123 e. The third-order valence-electron chi connectivity index (χ3n) is 2.93. The van der Waals surface area contributed by atoms with Crippen LogP contribution in [0.5, 0.6) is 0 Å². The Balaban J connectivity index is 2.19. The SMILES string of the molecule is CNC(Cc1cccc(F)c1)c1cccc(I)c1. The first-order valence-electron chi connectivity index (χ1n) is 5.86. The first kappa shape index (κ1) is 13.5. The van der Waals surface area contributed by atoms with Crippen molar-refractivity contribution in [2.24, 2.45) is 0 Å². The normalized spacial score (nSPS) is 12.4. The van der Waals surface area contributed by atoms with Gasteiger partial charge in [0.25, 0.3) is 0 Å². The molecule has 94 valence electrons. The summed E-state index contributed by atoms with van der Waals surface area (Å²) >= 11 is 2.30. The van der Waals surface area contributed by atoms with Crippen molar-refractivity contribution in [3.05, 3.63) is 69.0 Å². The van der Waals surface area contributed by atoms with Crippen LogP contribution in [0.4, 0.5) is 4.39 Å². The Morgan fingerprint density at radius 1 is 1.17 bits per heavy atom. The highest BCUT2D eigenvalue weighted by molar-refractivity contribution is 14.1. The number of rotatable bonds is 4. The van der Waals surface area contributed by atoms with Crippen LogP contribution in [0.1, 0.15) is 17.2 Å². The van der Waals surface area contributed by atoms with Gasteiger partial charge in [0, 0.05) is 9.61 Å². The highest BCUT2D eigenvalue weighted by atomic mass is 127. The lowest BCUT2D eigenvalue weighted by molar-refractivity contribution is 0.584. The number of halogens is 2. The predicted molar refractivity (Wildman–Crippen MR) is 81.1 cm³/mol. The zero-order valence-corrected chi connectivity index (χ0v) is 12.3. The van der Waals surface area contributed by atoms with E-state index in [4.69, 9.17) is 0 Å². The van der Waals surface area contributed by atoms with Crippen molar-refractivity contribution in [3.8, 4) is 0 Å². The molecule has 1 unspecified atom stereocenters. The largest absolute Gasteiger partial charge is 0.313 e. The Hall–Kier alpha value is -0.940. The predicted octanol–water partition coefficient (Wildman–Crippen LogP) is 3.93. The molecule has 0 spiro atoms. The van der Waals surface area contributed by atoms with Crippen LogP contribution >= 0.6 is 22.6 Å². The second kappa shape index (κ2) is 6.29. The maximum atomic E-state index is 13.2. The third-order valence-corrected chi connectivity index (χ3v) is 3.60. The Kier molecular flexibility index (Phi) is 4.72. The van der Waals surface area contributed by atoms with Gasteiger partial charge in [0.2, 0.25) is 0 Å². The van der Waals surface area contributed by atoms with E-state index in [2.05, 4.69) is 46.1 Å². The minimum atomic E-state index is -0.176. The Morgan fingerprint density at radius 2 is 1.94 bits per heavy atom. The van der Waals surface area contributed by atoms with Gasteiger partial charge in [-0.05, 0) is 71.5 Å². The standard InChI is InChI=1S/C15H15FIN/c1-18-15(12-5-3-7-14(17)10-12)9-11-4-2-6-13(16)8-11/h2-8,10,15,18H,9H2,1H3. The number of hydrogen-bond acceptors (Lipinski definition) is 1. The number of benzene rings is 2. The van der Waals surface area contributed by atoms with Crippen molar-refractivity contribution >= 4 is 22.6 Å². The fourth-order valence-electron chi connectivity index (χ4n) is 2.01. The molecule has 2 aromatic carbocycles. The van der Waals surface area contributed by atoms with E-state index in [1.807, 2.05) is 19.2 Å². The quantitative estimate of drug-likeness (QED) is 0.820. The average Bonchev–Trinajstić information content (AvgIpc) is 2.36. The molecule has 0 aliphatic rings. The third kappa shape index (κ3) is 3.53. The zero-order valence-electron chi connectivity index (χ0n) is 10.2. The molecule has 0 aliphatic heterocycles. The molecule has 0 fully saturated rings. The molecule has 0 saturated carbocycles. The van der Waals surface area contributed by atoms with E-state index < -0.39 is 0 Å². The molecule has 0 radical (unpaired) electrons. The monoisotopic (exact) mass is 355 g/mol. The summed E-state index contributed by atoms with van der Waals surface area (Å²) in [6.07, 6.45) is 0.786. The summed E-state index contributed by atoms with van der Waals surface area (Å²) in [5.74, 6) is -0.176. The van der Waals surface area contributed by atoms with Crippen LogP contribution in [0.3, 0.4) is 0 Å². The van der Waals surface area contributed by atoms with Crippen molar-refractivity contribution < 1.29 is 4.39 Å². The van der Waals surface area contributed by atoms with E-state index in [-0.39, 0.29) is 11.9 Å². The van der Waals surface area contributed by atoms with Gasteiger partial charge < -0.3 is 5.32 Å². The van der Waals surface area contributed by atoms with Crippen molar-refractivity contribution in [3.63, 3.8) is 0 Å². The van der Waals surface area contributed by atoms with Crippen LogP contribution in [0.2, 0.25) is 0 Å². The Bertz CT molecular complexity index is 527. The fourth-order valence-corrected chi connectivity index (χ4v) is 2.58. The molecule has 3 heteroatoms. The lowest BCUT2D eigenvalue weighted by Gasteiger charge is -2.17. The lowest BCUT2D eigenvalue weighted by Crippen LogP contribution is -2.19. The molecular formula is C15H15FIN. The maximum Gasteiger partial charge on any atom is 0.123 e. The van der Waals surface area contributed by atoms with E-state index in [9.17, 15) is 4.39 Å². The molecule has 0 bridgehead atoms. The summed E-state index contributed by atoms with van der Waals surface area (Å²) in [5.41, 5.74) is 2.24. The topological polar surface area (TPSA) is 12.0 Å². The molecule has 1 nitrogen and oxygen atoms in total. The van der Waals surface area contributed by atoms with Gasteiger partial charge >= 0.3 is 0 Å². The van der Waals surface area contributed by atoms with Gasteiger partial charge in [-0.1, -0.05) is 24.3 Å². The molecule has 0 amide bonds. The van der Waals surface area contributed by atoms with Gasteiger partial charge in [-0.25, -0.2) is 4.39 Å². The Morgan fingerprint density at radius 3 is 2.61 bits per heavy atom. The van der Waals surface area contributed by atoms with E-state index in [0.717, 1.165) is 12.0 Å². The molecule has 0 aliphatic carbocycles. The molecule has 0 heterocycles. The maximum absolute atomic E-state index is 13.2. The summed E-state index contributed by atoms with van der Waals surface area (Å²) in [6.45, 7) is 0. The van der Waals surface area contributed by atoms with Crippen LogP contribution in [-0.4, -0.2) is 7.05 Å². The van der Waals surface area contributed by atoms with E-state index in [1.165, 1.54) is 15.2 Å². The first-order chi connectivity index (χ1) is 8.69. The van der Waals surface area contributed by atoms with Gasteiger partial charge in [0.15, 0.2) is 0 Å². The molecule has 0 aromatic heterocycles. The second-order valence-corrected chi connectivity index (χ2v) is 5.48. The molecule has 0 saturated heterocycles. The minimum absolute atomic E-state index is 0.176. The Labute approximate surface area is 121 Å². The number of hydrogen-bond donors (Lipinski definition) is 1. The fraction of sp³-hybridized carbons (Fsp3) is 0.200. The number of nitrogens with one attached hydrogen (secondary N) is 1. The molecule has 18 heavy (non-hydrogen) atoms. The lowest BCUT2D eigenvalue weighted by atomic mass is 9.99. The summed E-state index contributed by atoms with van der Waals surface area (Å²) in [5, 5.41) is 3.29. The highest BCUT2D eigenvalue weighted by Gasteiger charge is 2.10. The van der Waals surface area contributed by atoms with Crippen molar-refractivity contribution in [2.45, 2.75) is 12.5 Å². The highest BCUT2D eigenvalue weighted by Crippen LogP contribution is 2.20. The average molecular weight is 355 g/mol.